The van der Waals surface area contributed by atoms with Crippen molar-refractivity contribution >= 4 is 18.3 Å². The molecule has 0 aromatic heterocycles. The van der Waals surface area contributed by atoms with Crippen molar-refractivity contribution in [2.45, 2.75) is 18.5 Å². The van der Waals surface area contributed by atoms with Gasteiger partial charge < -0.3 is 15.4 Å². The Morgan fingerprint density at radius 1 is 1.20 bits per heavy atom. The van der Waals surface area contributed by atoms with Gasteiger partial charge >= 0.3 is 0 Å². The smallest absolute Gasteiger partial charge is 0.222 e. The van der Waals surface area contributed by atoms with Crippen LogP contribution in [0.3, 0.4) is 0 Å². The standard InChI is InChI=1S/C19H21FN2O2.ClH/c20-16-8-4-7-15(11-16)19(14-5-2-1-3-6-14)22-18(23)12-17-13-24-10-9-21-17;/h1-8,11,17,19,21H,9-10,12-13H2,(H,22,23);1H. The third kappa shape index (κ3) is 5.53. The van der Waals surface area contributed by atoms with Crippen LogP contribution in [0.4, 0.5) is 4.39 Å². The van der Waals surface area contributed by atoms with Gasteiger partial charge in [0.05, 0.1) is 19.3 Å². The van der Waals surface area contributed by atoms with Gasteiger partial charge in [-0.2, -0.15) is 0 Å². The minimum Gasteiger partial charge on any atom is -0.378 e. The van der Waals surface area contributed by atoms with Gasteiger partial charge in [0.2, 0.25) is 5.91 Å². The molecule has 0 saturated carbocycles. The van der Waals surface area contributed by atoms with Crippen molar-refractivity contribution in [1.82, 2.24) is 10.6 Å². The maximum Gasteiger partial charge on any atom is 0.222 e. The molecule has 1 heterocycles. The number of amides is 1. The number of ether oxygens (including phenoxy) is 1. The summed E-state index contributed by atoms with van der Waals surface area (Å²) in [6.45, 7) is 1.96. The van der Waals surface area contributed by atoms with Crippen molar-refractivity contribution in [1.29, 1.82) is 0 Å². The highest BCUT2D eigenvalue weighted by Crippen LogP contribution is 2.23. The fourth-order valence-corrected chi connectivity index (χ4v) is 2.89. The Balaban J connectivity index is 0.00000225. The maximum absolute atomic E-state index is 13.6. The van der Waals surface area contributed by atoms with Crippen LogP contribution >= 0.6 is 12.4 Å². The van der Waals surface area contributed by atoms with Crippen LogP contribution in [-0.2, 0) is 9.53 Å². The van der Waals surface area contributed by atoms with Crippen LogP contribution in [0.15, 0.2) is 54.6 Å². The average molecular weight is 365 g/mol. The first-order valence-electron chi connectivity index (χ1n) is 8.13. The predicted molar refractivity (Wildman–Crippen MR) is 97.3 cm³/mol. The molecule has 0 radical (unpaired) electrons. The monoisotopic (exact) mass is 364 g/mol. The molecule has 1 saturated heterocycles. The fraction of sp³-hybridized carbons (Fsp3) is 0.316. The lowest BCUT2D eigenvalue weighted by atomic mass is 9.98. The van der Waals surface area contributed by atoms with Crippen molar-refractivity contribution in [3.05, 3.63) is 71.5 Å². The molecular weight excluding hydrogens is 343 g/mol. The minimum absolute atomic E-state index is 0. The topological polar surface area (TPSA) is 50.4 Å². The molecule has 2 atom stereocenters. The Morgan fingerprint density at radius 2 is 1.96 bits per heavy atom. The highest BCUT2D eigenvalue weighted by Gasteiger charge is 2.21. The number of nitrogens with one attached hydrogen (secondary N) is 2. The van der Waals surface area contributed by atoms with E-state index in [1.54, 1.807) is 6.07 Å². The van der Waals surface area contributed by atoms with E-state index in [-0.39, 0.29) is 36.2 Å². The molecule has 1 amide bonds. The van der Waals surface area contributed by atoms with E-state index < -0.39 is 0 Å². The third-order valence-electron chi connectivity index (χ3n) is 4.05. The lowest BCUT2D eigenvalue weighted by molar-refractivity contribution is -0.122. The van der Waals surface area contributed by atoms with E-state index in [9.17, 15) is 9.18 Å². The van der Waals surface area contributed by atoms with E-state index in [4.69, 9.17) is 4.74 Å². The summed E-state index contributed by atoms with van der Waals surface area (Å²) < 4.78 is 19.0. The van der Waals surface area contributed by atoms with Crippen LogP contribution in [0, 0.1) is 5.82 Å². The number of hydrogen-bond donors (Lipinski definition) is 2. The molecule has 134 valence electrons. The quantitative estimate of drug-likeness (QED) is 0.857. The molecule has 0 aliphatic carbocycles. The summed E-state index contributed by atoms with van der Waals surface area (Å²) in [5, 5.41) is 6.29. The van der Waals surface area contributed by atoms with Gasteiger partial charge in [0.1, 0.15) is 5.82 Å². The number of rotatable bonds is 5. The molecule has 25 heavy (non-hydrogen) atoms. The number of hydrogen-bond acceptors (Lipinski definition) is 3. The van der Waals surface area contributed by atoms with Gasteiger partial charge in [0, 0.05) is 19.0 Å². The second kappa shape index (κ2) is 9.51. The third-order valence-corrected chi connectivity index (χ3v) is 4.05. The molecule has 0 spiro atoms. The van der Waals surface area contributed by atoms with Gasteiger partial charge in [-0.25, -0.2) is 4.39 Å². The summed E-state index contributed by atoms with van der Waals surface area (Å²) in [6, 6.07) is 15.6. The second-order valence-corrected chi connectivity index (χ2v) is 5.90. The molecule has 1 aliphatic heterocycles. The minimum atomic E-state index is -0.376. The first-order chi connectivity index (χ1) is 11.7. The van der Waals surface area contributed by atoms with Gasteiger partial charge in [-0.3, -0.25) is 4.79 Å². The van der Waals surface area contributed by atoms with Gasteiger partial charge in [0.25, 0.3) is 0 Å². The molecule has 6 heteroatoms. The van der Waals surface area contributed by atoms with Crippen LogP contribution in [0.25, 0.3) is 0 Å². The molecule has 4 nitrogen and oxygen atoms in total. The molecule has 0 bridgehead atoms. The zero-order valence-electron chi connectivity index (χ0n) is 13.8. The van der Waals surface area contributed by atoms with E-state index in [1.807, 2.05) is 36.4 Å². The van der Waals surface area contributed by atoms with Gasteiger partial charge in [0.15, 0.2) is 0 Å². The lowest BCUT2D eigenvalue weighted by Gasteiger charge is -2.25. The fourth-order valence-electron chi connectivity index (χ4n) is 2.89. The highest BCUT2D eigenvalue weighted by molar-refractivity contribution is 5.85. The number of benzene rings is 2. The molecular formula is C19H22ClFN2O2. The normalized spacial score (nSPS) is 18.0. The SMILES string of the molecule is Cl.O=C(CC1COCCN1)NC(c1ccccc1)c1cccc(F)c1. The molecule has 1 aliphatic rings. The summed E-state index contributed by atoms with van der Waals surface area (Å²) in [4.78, 5) is 12.5. The van der Waals surface area contributed by atoms with Gasteiger partial charge in [-0.1, -0.05) is 42.5 Å². The van der Waals surface area contributed by atoms with E-state index in [0.717, 1.165) is 17.7 Å². The number of morpholine rings is 1. The maximum atomic E-state index is 13.6. The van der Waals surface area contributed by atoms with Crippen LogP contribution < -0.4 is 10.6 Å². The largest absolute Gasteiger partial charge is 0.378 e. The summed E-state index contributed by atoms with van der Waals surface area (Å²) >= 11 is 0. The summed E-state index contributed by atoms with van der Waals surface area (Å²) in [6.07, 6.45) is 0.332. The Labute approximate surface area is 153 Å². The number of carbonyl (C=O) groups excluding carboxylic acids is 1. The van der Waals surface area contributed by atoms with Crippen LogP contribution in [0.1, 0.15) is 23.6 Å². The lowest BCUT2D eigenvalue weighted by Crippen LogP contribution is -2.44. The Hall–Kier alpha value is -1.95. The second-order valence-electron chi connectivity index (χ2n) is 5.90. The van der Waals surface area contributed by atoms with Crippen molar-refractivity contribution in [3.8, 4) is 0 Å². The number of carbonyl (C=O) groups is 1. The summed E-state index contributed by atoms with van der Waals surface area (Å²) in [7, 11) is 0. The zero-order valence-corrected chi connectivity index (χ0v) is 14.6. The summed E-state index contributed by atoms with van der Waals surface area (Å²) in [5.41, 5.74) is 1.65. The van der Waals surface area contributed by atoms with Crippen LogP contribution in [-0.4, -0.2) is 31.7 Å². The van der Waals surface area contributed by atoms with E-state index >= 15 is 0 Å². The molecule has 2 aromatic rings. The van der Waals surface area contributed by atoms with Gasteiger partial charge in [-0.05, 0) is 23.3 Å². The Kier molecular flexibility index (Phi) is 7.37. The van der Waals surface area contributed by atoms with E-state index in [0.29, 0.717) is 19.6 Å². The van der Waals surface area contributed by atoms with Crippen molar-refractivity contribution in [2.24, 2.45) is 0 Å². The number of halogens is 2. The zero-order chi connectivity index (χ0) is 16.8. The van der Waals surface area contributed by atoms with Crippen molar-refractivity contribution in [3.63, 3.8) is 0 Å². The highest BCUT2D eigenvalue weighted by atomic mass is 35.5. The average Bonchev–Trinajstić information content (AvgIpc) is 2.61. The predicted octanol–water partition coefficient (Wildman–Crippen LogP) is 2.83. The van der Waals surface area contributed by atoms with E-state index in [1.165, 1.54) is 12.1 Å². The molecule has 2 N–H and O–H groups in total. The molecule has 1 fully saturated rings. The van der Waals surface area contributed by atoms with Crippen LogP contribution in [0.2, 0.25) is 0 Å². The Bertz CT molecular complexity index is 678. The van der Waals surface area contributed by atoms with Crippen LogP contribution in [0.5, 0.6) is 0 Å². The molecule has 3 rings (SSSR count). The Morgan fingerprint density at radius 3 is 2.64 bits per heavy atom. The van der Waals surface area contributed by atoms with Crippen molar-refractivity contribution in [2.75, 3.05) is 19.8 Å². The molecule has 2 unspecified atom stereocenters. The van der Waals surface area contributed by atoms with Gasteiger partial charge in [-0.15, -0.1) is 12.4 Å². The summed E-state index contributed by atoms with van der Waals surface area (Å²) in [5.74, 6) is -0.402. The first-order valence-corrected chi connectivity index (χ1v) is 8.13. The molecule has 2 aromatic carbocycles. The first kappa shape index (κ1) is 19.4. The van der Waals surface area contributed by atoms with Crippen molar-refractivity contribution < 1.29 is 13.9 Å². The van der Waals surface area contributed by atoms with E-state index in [2.05, 4.69) is 10.6 Å².